The van der Waals surface area contributed by atoms with E-state index in [2.05, 4.69) is 0 Å². The van der Waals surface area contributed by atoms with Gasteiger partial charge in [0.2, 0.25) is 0 Å². The Bertz CT molecular complexity index is 369. The van der Waals surface area contributed by atoms with Crippen molar-refractivity contribution in [2.45, 2.75) is 51.4 Å². The number of amides is 1. The van der Waals surface area contributed by atoms with E-state index in [-0.39, 0.29) is 12.5 Å². The van der Waals surface area contributed by atoms with Crippen molar-refractivity contribution in [3.63, 3.8) is 0 Å². The van der Waals surface area contributed by atoms with Gasteiger partial charge in [0, 0.05) is 38.6 Å². The van der Waals surface area contributed by atoms with Gasteiger partial charge in [-0.3, -0.25) is 4.90 Å². The number of carbonyl (C=O) groups is 1. The number of nitrogens with zero attached hydrogens (tertiary/aromatic N) is 2. The van der Waals surface area contributed by atoms with Gasteiger partial charge < -0.3 is 15.4 Å². The minimum Gasteiger partial charge on any atom is -0.444 e. The average Bonchev–Trinajstić information content (AvgIpc) is 2.35. The van der Waals surface area contributed by atoms with Crippen LogP contribution < -0.4 is 5.73 Å². The van der Waals surface area contributed by atoms with E-state index in [1.54, 1.807) is 25.7 Å². The Morgan fingerprint density at radius 3 is 2.41 bits per heavy atom. The summed E-state index contributed by atoms with van der Waals surface area (Å²) in [5, 5.41) is 0. The largest absolute Gasteiger partial charge is 0.444 e. The van der Waals surface area contributed by atoms with Crippen LogP contribution in [0.3, 0.4) is 0 Å². The number of hydrogen-bond acceptors (Lipinski definition) is 4. The van der Waals surface area contributed by atoms with E-state index in [1.807, 2.05) is 4.90 Å². The standard InChI is InChI=1S/C14H26F3N3O2/c1-13(2,3)22-12(21)20-8-7-19(11(9-18)10-20)6-4-5-14(15,16)17/h11H,4-10,18H2,1-3H3. The lowest BCUT2D eigenvalue weighted by Gasteiger charge is -2.41. The van der Waals surface area contributed by atoms with Crippen molar-refractivity contribution in [2.24, 2.45) is 5.73 Å². The summed E-state index contributed by atoms with van der Waals surface area (Å²) in [6, 6.07) is -0.130. The van der Waals surface area contributed by atoms with Gasteiger partial charge in [0.25, 0.3) is 0 Å². The predicted molar refractivity (Wildman–Crippen MR) is 77.5 cm³/mol. The topological polar surface area (TPSA) is 58.8 Å². The molecule has 1 atom stereocenters. The number of alkyl halides is 3. The maximum atomic E-state index is 12.2. The second-order valence-corrected chi connectivity index (χ2v) is 6.57. The molecule has 2 N–H and O–H groups in total. The highest BCUT2D eigenvalue weighted by atomic mass is 19.4. The normalized spacial score (nSPS) is 21.0. The predicted octanol–water partition coefficient (Wildman–Crippen LogP) is 2.21. The molecule has 0 aromatic heterocycles. The molecule has 8 heteroatoms. The summed E-state index contributed by atoms with van der Waals surface area (Å²) in [4.78, 5) is 15.5. The molecule has 0 radical (unpaired) electrons. The summed E-state index contributed by atoms with van der Waals surface area (Å²) in [5.74, 6) is 0. The average molecular weight is 325 g/mol. The quantitative estimate of drug-likeness (QED) is 0.861. The number of rotatable bonds is 4. The molecule has 1 rings (SSSR count). The molecule has 1 heterocycles. The lowest BCUT2D eigenvalue weighted by molar-refractivity contribution is -0.136. The summed E-state index contributed by atoms with van der Waals surface area (Å²) in [6.45, 7) is 7.35. The maximum Gasteiger partial charge on any atom is 0.410 e. The Morgan fingerprint density at radius 2 is 1.91 bits per heavy atom. The van der Waals surface area contributed by atoms with E-state index in [0.717, 1.165) is 0 Å². The number of hydrogen-bond donors (Lipinski definition) is 1. The van der Waals surface area contributed by atoms with Crippen LogP contribution in [-0.4, -0.2) is 66.4 Å². The molecule has 0 bridgehead atoms. The molecule has 130 valence electrons. The van der Waals surface area contributed by atoms with Crippen LogP contribution in [0.4, 0.5) is 18.0 Å². The van der Waals surface area contributed by atoms with Gasteiger partial charge in [-0.15, -0.1) is 0 Å². The van der Waals surface area contributed by atoms with Gasteiger partial charge in [-0.2, -0.15) is 13.2 Å². The van der Waals surface area contributed by atoms with E-state index in [0.29, 0.717) is 32.7 Å². The first-order valence-corrected chi connectivity index (χ1v) is 7.50. The van der Waals surface area contributed by atoms with E-state index < -0.39 is 24.3 Å². The minimum absolute atomic E-state index is 0.0481. The maximum absolute atomic E-state index is 12.2. The van der Waals surface area contributed by atoms with Crippen LogP contribution in [0.15, 0.2) is 0 Å². The molecule has 0 aliphatic carbocycles. The Balaban J connectivity index is 2.48. The third kappa shape index (κ3) is 6.83. The summed E-state index contributed by atoms with van der Waals surface area (Å²) < 4.78 is 41.9. The van der Waals surface area contributed by atoms with Crippen molar-refractivity contribution in [2.75, 3.05) is 32.7 Å². The molecule has 1 saturated heterocycles. The highest BCUT2D eigenvalue weighted by Gasteiger charge is 2.32. The SMILES string of the molecule is CC(C)(C)OC(=O)N1CCN(CCCC(F)(F)F)C(CN)C1. The Hall–Kier alpha value is -1.02. The third-order valence-electron chi connectivity index (χ3n) is 3.43. The number of ether oxygens (including phenoxy) is 1. The highest BCUT2D eigenvalue weighted by molar-refractivity contribution is 5.68. The molecular formula is C14H26F3N3O2. The minimum atomic E-state index is -4.13. The Labute approximate surface area is 129 Å². The molecule has 1 aliphatic heterocycles. The van der Waals surface area contributed by atoms with Crippen LogP contribution in [0, 0.1) is 0 Å². The number of halogens is 3. The first-order chi connectivity index (χ1) is 10.0. The molecule has 22 heavy (non-hydrogen) atoms. The van der Waals surface area contributed by atoms with E-state index in [4.69, 9.17) is 10.5 Å². The first kappa shape index (κ1) is 19.0. The molecule has 0 saturated carbocycles. The number of piperazine rings is 1. The van der Waals surface area contributed by atoms with Gasteiger partial charge in [0.1, 0.15) is 5.60 Å². The second kappa shape index (κ2) is 7.50. The third-order valence-corrected chi connectivity index (χ3v) is 3.43. The molecule has 0 spiro atoms. The fourth-order valence-electron chi connectivity index (χ4n) is 2.39. The first-order valence-electron chi connectivity index (χ1n) is 7.50. The number of nitrogens with two attached hydrogens (primary N) is 1. The van der Waals surface area contributed by atoms with Crippen LogP contribution in [0.1, 0.15) is 33.6 Å². The fraction of sp³-hybridized carbons (Fsp3) is 0.929. The highest BCUT2D eigenvalue weighted by Crippen LogP contribution is 2.22. The van der Waals surface area contributed by atoms with Crippen molar-refractivity contribution >= 4 is 6.09 Å². The number of carbonyl (C=O) groups excluding carboxylic acids is 1. The molecule has 1 amide bonds. The molecular weight excluding hydrogens is 299 g/mol. The van der Waals surface area contributed by atoms with E-state index >= 15 is 0 Å². The summed E-state index contributed by atoms with van der Waals surface area (Å²) in [5.41, 5.74) is 5.13. The zero-order valence-electron chi connectivity index (χ0n) is 13.4. The van der Waals surface area contributed by atoms with Crippen LogP contribution >= 0.6 is 0 Å². The van der Waals surface area contributed by atoms with E-state index in [1.165, 1.54) is 0 Å². The summed E-state index contributed by atoms with van der Waals surface area (Å²) in [6.07, 6.45) is -5.28. The van der Waals surface area contributed by atoms with Gasteiger partial charge in [-0.1, -0.05) is 0 Å². The molecule has 0 aromatic rings. The van der Waals surface area contributed by atoms with Crippen LogP contribution in [0.5, 0.6) is 0 Å². The summed E-state index contributed by atoms with van der Waals surface area (Å²) >= 11 is 0. The van der Waals surface area contributed by atoms with Gasteiger partial charge in [-0.05, 0) is 33.7 Å². The second-order valence-electron chi connectivity index (χ2n) is 6.57. The van der Waals surface area contributed by atoms with Crippen molar-refractivity contribution in [1.29, 1.82) is 0 Å². The smallest absolute Gasteiger partial charge is 0.410 e. The molecule has 0 aromatic carbocycles. The fourth-order valence-corrected chi connectivity index (χ4v) is 2.39. The monoisotopic (exact) mass is 325 g/mol. The van der Waals surface area contributed by atoms with E-state index in [9.17, 15) is 18.0 Å². The van der Waals surface area contributed by atoms with Crippen LogP contribution in [-0.2, 0) is 4.74 Å². The molecule has 1 aliphatic rings. The van der Waals surface area contributed by atoms with Crippen molar-refractivity contribution in [3.05, 3.63) is 0 Å². The van der Waals surface area contributed by atoms with Gasteiger partial charge in [-0.25, -0.2) is 4.79 Å². The lowest BCUT2D eigenvalue weighted by Crippen LogP contribution is -2.58. The molecule has 1 unspecified atom stereocenters. The Kier molecular flexibility index (Phi) is 6.49. The molecule has 1 fully saturated rings. The zero-order chi connectivity index (χ0) is 17.0. The lowest BCUT2D eigenvalue weighted by atomic mass is 10.1. The van der Waals surface area contributed by atoms with Crippen LogP contribution in [0.2, 0.25) is 0 Å². The summed E-state index contributed by atoms with van der Waals surface area (Å²) in [7, 11) is 0. The molecule has 5 nitrogen and oxygen atoms in total. The van der Waals surface area contributed by atoms with Crippen molar-refractivity contribution in [3.8, 4) is 0 Å². The van der Waals surface area contributed by atoms with Gasteiger partial charge in [0.05, 0.1) is 0 Å². The zero-order valence-corrected chi connectivity index (χ0v) is 13.4. The van der Waals surface area contributed by atoms with Crippen LogP contribution in [0.25, 0.3) is 0 Å². The van der Waals surface area contributed by atoms with Crippen molar-refractivity contribution in [1.82, 2.24) is 9.80 Å². The van der Waals surface area contributed by atoms with Gasteiger partial charge in [0.15, 0.2) is 0 Å². The van der Waals surface area contributed by atoms with Gasteiger partial charge >= 0.3 is 12.3 Å². The Morgan fingerprint density at radius 1 is 1.27 bits per heavy atom. The van der Waals surface area contributed by atoms with Crippen molar-refractivity contribution < 1.29 is 22.7 Å².